The molecule has 204 valence electrons. The van der Waals surface area contributed by atoms with Crippen LogP contribution in [0.1, 0.15) is 22.9 Å². The normalized spacial score (nSPS) is 20.7. The average Bonchev–Trinajstić information content (AvgIpc) is 3.59. The van der Waals surface area contributed by atoms with Crippen molar-refractivity contribution >= 4 is 11.0 Å². The first-order valence-electron chi connectivity index (χ1n) is 13.3. The molecule has 1 N–H and O–H groups in total. The Morgan fingerprint density at radius 1 is 0.775 bits per heavy atom. The molecule has 0 aliphatic carbocycles. The maximum Gasteiger partial charge on any atom is 0.261 e. The molecule has 0 bridgehead atoms. The van der Waals surface area contributed by atoms with E-state index in [0.717, 1.165) is 16.7 Å². The Balaban J connectivity index is 1.29. The third-order valence-electron chi connectivity index (χ3n) is 6.85. The molecule has 0 saturated carbocycles. The number of benzene rings is 3. The molecule has 5 aromatic rings. The summed E-state index contributed by atoms with van der Waals surface area (Å²) in [5.41, 5.74) is 3.20. The summed E-state index contributed by atoms with van der Waals surface area (Å²) >= 11 is 0. The molecule has 3 heterocycles. The molecular formula is C31H30N4O5. The van der Waals surface area contributed by atoms with E-state index in [1.54, 1.807) is 10.9 Å². The second-order valence-corrected chi connectivity index (χ2v) is 9.67. The fourth-order valence-corrected chi connectivity index (χ4v) is 4.83. The Morgan fingerprint density at radius 2 is 1.35 bits per heavy atom. The molecule has 1 fully saturated rings. The van der Waals surface area contributed by atoms with Crippen molar-refractivity contribution in [2.24, 2.45) is 0 Å². The van der Waals surface area contributed by atoms with Crippen LogP contribution >= 0.6 is 0 Å². The monoisotopic (exact) mass is 538 g/mol. The molecule has 0 spiro atoms. The zero-order valence-electron chi connectivity index (χ0n) is 21.8. The molecular weight excluding hydrogens is 508 g/mol. The van der Waals surface area contributed by atoms with Crippen molar-refractivity contribution in [2.45, 2.75) is 44.4 Å². The van der Waals surface area contributed by atoms with Gasteiger partial charge in [-0.15, -0.1) is 5.10 Å². The second kappa shape index (κ2) is 12.4. The van der Waals surface area contributed by atoms with Crippen LogP contribution in [-0.2, 0) is 38.8 Å². The van der Waals surface area contributed by atoms with E-state index in [1.165, 1.54) is 6.33 Å². The number of nitrogens with zero attached hydrogens (tertiary/aromatic N) is 3. The number of hydrogen-bond donors (Lipinski definition) is 1. The summed E-state index contributed by atoms with van der Waals surface area (Å²) in [4.78, 5) is 19.2. The van der Waals surface area contributed by atoms with Crippen LogP contribution in [0.25, 0.3) is 11.0 Å². The van der Waals surface area contributed by atoms with Gasteiger partial charge in [-0.2, -0.15) is 0 Å². The number of fused-ring (bicyclic) bond motifs is 1. The van der Waals surface area contributed by atoms with E-state index in [9.17, 15) is 4.79 Å². The second-order valence-electron chi connectivity index (χ2n) is 9.67. The molecule has 0 unspecified atom stereocenters. The zero-order chi connectivity index (χ0) is 27.1. The molecule has 9 nitrogen and oxygen atoms in total. The van der Waals surface area contributed by atoms with Crippen LogP contribution in [0.15, 0.2) is 108 Å². The third kappa shape index (κ3) is 6.03. The van der Waals surface area contributed by atoms with Crippen molar-refractivity contribution in [3.8, 4) is 0 Å². The Kier molecular flexibility index (Phi) is 8.06. The highest BCUT2D eigenvalue weighted by molar-refractivity contribution is 5.72. The minimum absolute atomic E-state index is 0.268. The van der Waals surface area contributed by atoms with Crippen molar-refractivity contribution in [3.05, 3.63) is 131 Å². The minimum atomic E-state index is -0.664. The van der Waals surface area contributed by atoms with Crippen molar-refractivity contribution in [3.63, 3.8) is 0 Å². The van der Waals surface area contributed by atoms with Gasteiger partial charge in [-0.3, -0.25) is 4.79 Å². The van der Waals surface area contributed by atoms with E-state index in [0.29, 0.717) is 30.9 Å². The summed E-state index contributed by atoms with van der Waals surface area (Å²) in [7, 11) is 0. The zero-order valence-corrected chi connectivity index (χ0v) is 21.8. The van der Waals surface area contributed by atoms with Crippen molar-refractivity contribution < 1.29 is 18.9 Å². The predicted molar refractivity (Wildman–Crippen MR) is 148 cm³/mol. The standard InChI is InChI=1S/C31H30N4O5/c36-30-25-16-35(34-29(25)32-21-33-30)31-28(39-19-24-14-8-3-9-15-24)27(38-18-23-12-6-2-7-13-23)26(40-31)20-37-17-22-10-4-1-5-11-22/h1-16,21,26-28,31H,17-20H2,(H,32,33,34,36)/t26-,27-,28+,31-/m1/s1. The first kappa shape index (κ1) is 26.1. The van der Waals surface area contributed by atoms with Crippen LogP contribution < -0.4 is 5.56 Å². The van der Waals surface area contributed by atoms with Crippen LogP contribution in [0.2, 0.25) is 0 Å². The van der Waals surface area contributed by atoms with E-state index >= 15 is 0 Å². The van der Waals surface area contributed by atoms with E-state index in [4.69, 9.17) is 18.9 Å². The third-order valence-corrected chi connectivity index (χ3v) is 6.85. The summed E-state index contributed by atoms with van der Waals surface area (Å²) < 4.78 is 27.3. The fourth-order valence-electron chi connectivity index (χ4n) is 4.83. The molecule has 1 aliphatic rings. The summed E-state index contributed by atoms with van der Waals surface area (Å²) in [5.74, 6) is 0. The highest BCUT2D eigenvalue weighted by Crippen LogP contribution is 2.35. The Hall–Kier alpha value is -4.15. The van der Waals surface area contributed by atoms with Crippen LogP contribution in [0, 0.1) is 0 Å². The van der Waals surface area contributed by atoms with E-state index in [1.807, 2.05) is 91.0 Å². The number of aromatic nitrogens is 4. The summed E-state index contributed by atoms with van der Waals surface area (Å²) in [6.07, 6.45) is 0.866. The van der Waals surface area contributed by atoms with Gasteiger partial charge in [0.15, 0.2) is 11.9 Å². The lowest BCUT2D eigenvalue weighted by atomic mass is 10.1. The van der Waals surface area contributed by atoms with E-state index in [2.05, 4.69) is 15.1 Å². The Morgan fingerprint density at radius 3 is 1.95 bits per heavy atom. The molecule has 2 aromatic heterocycles. The molecule has 3 aromatic carbocycles. The number of aromatic amines is 1. The molecule has 6 rings (SSSR count). The van der Waals surface area contributed by atoms with Gasteiger partial charge in [-0.1, -0.05) is 91.0 Å². The molecule has 1 aliphatic heterocycles. The van der Waals surface area contributed by atoms with Crippen LogP contribution in [0.4, 0.5) is 0 Å². The molecule has 1 saturated heterocycles. The first-order chi connectivity index (χ1) is 19.7. The molecule has 0 radical (unpaired) electrons. The van der Waals surface area contributed by atoms with Crippen molar-refractivity contribution in [1.82, 2.24) is 19.7 Å². The highest BCUT2D eigenvalue weighted by Gasteiger charge is 2.48. The maximum absolute atomic E-state index is 12.4. The SMILES string of the molecule is O=c1[nH]cnc2nn([C@@H]3O[C@H](COCc4ccccc4)[C@@H](OCc4ccccc4)[C@@H]3OCc3ccccc3)cc12. The highest BCUT2D eigenvalue weighted by atomic mass is 16.6. The summed E-state index contributed by atoms with van der Waals surface area (Å²) in [6, 6.07) is 29.9. The minimum Gasteiger partial charge on any atom is -0.374 e. The van der Waals surface area contributed by atoms with E-state index in [-0.39, 0.29) is 12.2 Å². The molecule has 4 atom stereocenters. The molecule has 40 heavy (non-hydrogen) atoms. The summed E-state index contributed by atoms with van der Waals surface area (Å²) in [6.45, 7) is 1.46. The lowest BCUT2D eigenvalue weighted by Gasteiger charge is -2.25. The maximum atomic E-state index is 12.4. The summed E-state index contributed by atoms with van der Waals surface area (Å²) in [5, 5.41) is 4.93. The van der Waals surface area contributed by atoms with Crippen LogP contribution in [0.3, 0.4) is 0 Å². The number of hydrogen-bond acceptors (Lipinski definition) is 7. The quantitative estimate of drug-likeness (QED) is 0.266. The van der Waals surface area contributed by atoms with Crippen LogP contribution in [-0.4, -0.2) is 44.7 Å². The number of rotatable bonds is 11. The van der Waals surface area contributed by atoms with Gasteiger partial charge < -0.3 is 23.9 Å². The predicted octanol–water partition coefficient (Wildman–Crippen LogP) is 4.40. The van der Waals surface area contributed by atoms with Crippen molar-refractivity contribution in [1.29, 1.82) is 0 Å². The number of H-pyrrole nitrogens is 1. The van der Waals surface area contributed by atoms with E-state index < -0.39 is 24.5 Å². The molecule has 0 amide bonds. The van der Waals surface area contributed by atoms with Gasteiger partial charge in [0.25, 0.3) is 5.56 Å². The topological polar surface area (TPSA) is 100 Å². The average molecular weight is 539 g/mol. The number of nitrogens with one attached hydrogen (secondary N) is 1. The van der Waals surface area contributed by atoms with Crippen LogP contribution in [0.5, 0.6) is 0 Å². The van der Waals surface area contributed by atoms with Gasteiger partial charge in [0.05, 0.1) is 32.8 Å². The van der Waals surface area contributed by atoms with Gasteiger partial charge in [0, 0.05) is 6.20 Å². The van der Waals surface area contributed by atoms with Gasteiger partial charge >= 0.3 is 0 Å². The lowest BCUT2D eigenvalue weighted by molar-refractivity contribution is -0.0932. The van der Waals surface area contributed by atoms with Gasteiger partial charge in [-0.05, 0) is 16.7 Å². The molecule has 9 heteroatoms. The lowest BCUT2D eigenvalue weighted by Crippen LogP contribution is -2.38. The Bertz CT molecular complexity index is 1560. The number of ether oxygens (including phenoxy) is 4. The first-order valence-corrected chi connectivity index (χ1v) is 13.3. The smallest absolute Gasteiger partial charge is 0.261 e. The van der Waals surface area contributed by atoms with Gasteiger partial charge in [0.2, 0.25) is 0 Å². The Labute approximate surface area is 231 Å². The van der Waals surface area contributed by atoms with Gasteiger partial charge in [0.1, 0.15) is 23.7 Å². The van der Waals surface area contributed by atoms with Gasteiger partial charge in [-0.25, -0.2) is 9.67 Å². The van der Waals surface area contributed by atoms with Crippen molar-refractivity contribution in [2.75, 3.05) is 6.61 Å². The largest absolute Gasteiger partial charge is 0.374 e. The fraction of sp³-hybridized carbons (Fsp3) is 0.258.